The van der Waals surface area contributed by atoms with Crippen molar-refractivity contribution in [3.8, 4) is 17.2 Å². The minimum atomic E-state index is -0.802. The van der Waals surface area contributed by atoms with Gasteiger partial charge in [-0.1, -0.05) is 6.07 Å². The number of phenolic OH excluding ortho intramolecular Hbond substituents is 1. The smallest absolute Gasteiger partial charge is 0.227 e. The number of methoxy groups -OCH3 is 1. The van der Waals surface area contributed by atoms with Crippen LogP contribution in [0.2, 0.25) is 0 Å². The summed E-state index contributed by atoms with van der Waals surface area (Å²) in [6, 6.07) is 5.66. The zero-order valence-electron chi connectivity index (χ0n) is 16.7. The maximum atomic E-state index is 12.6. The zero-order chi connectivity index (χ0) is 21.8. The Balaban J connectivity index is 1.93. The van der Waals surface area contributed by atoms with E-state index in [1.165, 1.54) is 36.3 Å². The Morgan fingerprint density at radius 2 is 2.10 bits per heavy atom. The summed E-state index contributed by atoms with van der Waals surface area (Å²) in [5.74, 6) is -0.950. The van der Waals surface area contributed by atoms with Gasteiger partial charge in [0.05, 0.1) is 19.6 Å². The van der Waals surface area contributed by atoms with Crippen LogP contribution < -0.4 is 15.5 Å². The Kier molecular flexibility index (Phi) is 6.05. The van der Waals surface area contributed by atoms with E-state index in [1.807, 2.05) is 0 Å². The maximum absolute atomic E-state index is 12.6. The van der Waals surface area contributed by atoms with Crippen LogP contribution in [0.3, 0.4) is 0 Å². The average molecular weight is 414 g/mol. The predicted molar refractivity (Wildman–Crippen MR) is 105 cm³/mol. The lowest BCUT2D eigenvalue weighted by Crippen LogP contribution is -2.26. The van der Waals surface area contributed by atoms with Crippen molar-refractivity contribution in [1.82, 2.24) is 20.1 Å². The van der Waals surface area contributed by atoms with E-state index in [4.69, 9.17) is 9.15 Å². The Hall–Kier alpha value is -3.82. The van der Waals surface area contributed by atoms with E-state index in [9.17, 15) is 19.8 Å². The van der Waals surface area contributed by atoms with Gasteiger partial charge in [0.1, 0.15) is 12.1 Å². The Labute approximate surface area is 171 Å². The molecule has 0 bridgehead atoms. The molecule has 2 heterocycles. The van der Waals surface area contributed by atoms with Gasteiger partial charge in [0.15, 0.2) is 23.1 Å². The van der Waals surface area contributed by atoms with Crippen molar-refractivity contribution in [1.29, 1.82) is 0 Å². The van der Waals surface area contributed by atoms with E-state index in [2.05, 4.69) is 15.4 Å². The second-order valence-electron chi connectivity index (χ2n) is 6.73. The standard InChI is InChI=1S/C20H22N4O6/c1-11-6-15(26)19(28)20(30-11)13(12-4-5-14(25)16(7-12)29-3)8-18(27)21-9-17-22-10-24(2)23-17/h4-7,10,13,25,28H,8-9H2,1-3H3,(H,21,27)/t13-/m1/s1. The maximum Gasteiger partial charge on any atom is 0.227 e. The molecule has 1 aromatic carbocycles. The van der Waals surface area contributed by atoms with Crippen LogP contribution in [0.1, 0.15) is 35.2 Å². The number of nitrogens with zero attached hydrogens (tertiary/aromatic N) is 3. The third-order valence-corrected chi connectivity index (χ3v) is 4.47. The van der Waals surface area contributed by atoms with Gasteiger partial charge >= 0.3 is 0 Å². The van der Waals surface area contributed by atoms with E-state index in [0.29, 0.717) is 17.1 Å². The van der Waals surface area contributed by atoms with Crippen LogP contribution in [0, 0.1) is 6.92 Å². The van der Waals surface area contributed by atoms with Gasteiger partial charge in [0.25, 0.3) is 0 Å². The number of ether oxygens (including phenoxy) is 1. The molecule has 10 heteroatoms. The molecule has 0 radical (unpaired) electrons. The van der Waals surface area contributed by atoms with Crippen LogP contribution in [0.25, 0.3) is 0 Å². The highest BCUT2D eigenvalue weighted by molar-refractivity contribution is 5.77. The summed E-state index contributed by atoms with van der Waals surface area (Å²) in [5.41, 5.74) is -0.0950. The third-order valence-electron chi connectivity index (χ3n) is 4.47. The zero-order valence-corrected chi connectivity index (χ0v) is 16.7. The monoisotopic (exact) mass is 414 g/mol. The molecule has 1 amide bonds. The third kappa shape index (κ3) is 4.59. The van der Waals surface area contributed by atoms with Crippen molar-refractivity contribution >= 4 is 5.91 Å². The number of amides is 1. The van der Waals surface area contributed by atoms with Gasteiger partial charge in [-0.15, -0.1) is 0 Å². The van der Waals surface area contributed by atoms with Crippen LogP contribution in [-0.4, -0.2) is 38.0 Å². The molecule has 2 aromatic heterocycles. The fourth-order valence-corrected chi connectivity index (χ4v) is 3.03. The van der Waals surface area contributed by atoms with Crippen LogP contribution in [0.4, 0.5) is 0 Å². The van der Waals surface area contributed by atoms with Crippen molar-refractivity contribution in [2.75, 3.05) is 7.11 Å². The molecule has 3 aromatic rings. The number of benzene rings is 1. The number of rotatable bonds is 7. The highest BCUT2D eigenvalue weighted by Crippen LogP contribution is 2.37. The fourth-order valence-electron chi connectivity index (χ4n) is 3.03. The SMILES string of the molecule is COc1cc([C@@H](CC(=O)NCc2ncn(C)n2)c2oc(C)cc(=O)c2O)ccc1O. The summed E-state index contributed by atoms with van der Waals surface area (Å²) >= 11 is 0. The number of carbonyl (C=O) groups excluding carboxylic acids is 1. The van der Waals surface area contributed by atoms with Gasteiger partial charge < -0.3 is 24.7 Å². The molecule has 30 heavy (non-hydrogen) atoms. The van der Waals surface area contributed by atoms with Crippen molar-refractivity contribution in [2.45, 2.75) is 25.8 Å². The topological polar surface area (TPSA) is 140 Å². The van der Waals surface area contributed by atoms with E-state index in [0.717, 1.165) is 0 Å². The van der Waals surface area contributed by atoms with Crippen molar-refractivity contribution in [3.05, 3.63) is 63.7 Å². The van der Waals surface area contributed by atoms with Gasteiger partial charge in [0.2, 0.25) is 17.1 Å². The molecule has 0 aliphatic carbocycles. The molecule has 0 fully saturated rings. The molecule has 1 atom stereocenters. The van der Waals surface area contributed by atoms with Gasteiger partial charge in [-0.25, -0.2) is 4.98 Å². The summed E-state index contributed by atoms with van der Waals surface area (Å²) in [6.07, 6.45) is 1.38. The van der Waals surface area contributed by atoms with Crippen molar-refractivity contribution in [3.63, 3.8) is 0 Å². The normalized spacial score (nSPS) is 11.8. The van der Waals surface area contributed by atoms with Gasteiger partial charge in [-0.3, -0.25) is 14.3 Å². The number of aromatic nitrogens is 3. The lowest BCUT2D eigenvalue weighted by atomic mass is 9.91. The molecule has 10 nitrogen and oxygen atoms in total. The minimum absolute atomic E-state index is 0.0427. The predicted octanol–water partition coefficient (Wildman–Crippen LogP) is 1.33. The van der Waals surface area contributed by atoms with Crippen LogP contribution in [-0.2, 0) is 18.4 Å². The van der Waals surface area contributed by atoms with Crippen molar-refractivity contribution in [2.24, 2.45) is 7.05 Å². The molecule has 3 N–H and O–H groups in total. The Bertz CT molecular complexity index is 1120. The summed E-state index contributed by atoms with van der Waals surface area (Å²) in [7, 11) is 3.11. The minimum Gasteiger partial charge on any atom is -0.504 e. The summed E-state index contributed by atoms with van der Waals surface area (Å²) < 4.78 is 12.3. The first-order valence-electron chi connectivity index (χ1n) is 9.10. The Morgan fingerprint density at radius 1 is 1.33 bits per heavy atom. The van der Waals surface area contributed by atoms with E-state index < -0.39 is 17.1 Å². The lowest BCUT2D eigenvalue weighted by molar-refractivity contribution is -0.121. The number of aromatic hydroxyl groups is 2. The molecule has 0 saturated heterocycles. The van der Waals surface area contributed by atoms with Crippen molar-refractivity contribution < 1.29 is 24.2 Å². The highest BCUT2D eigenvalue weighted by atomic mass is 16.5. The van der Waals surface area contributed by atoms with E-state index in [-0.39, 0.29) is 36.1 Å². The molecular weight excluding hydrogens is 392 g/mol. The summed E-state index contributed by atoms with van der Waals surface area (Å²) in [5, 5.41) is 27.0. The van der Waals surface area contributed by atoms with Gasteiger partial charge in [-0.2, -0.15) is 5.10 Å². The van der Waals surface area contributed by atoms with Gasteiger partial charge in [-0.05, 0) is 24.6 Å². The first kappa shape index (κ1) is 20.9. The van der Waals surface area contributed by atoms with Crippen LogP contribution in [0.5, 0.6) is 17.2 Å². The van der Waals surface area contributed by atoms with Crippen LogP contribution >= 0.6 is 0 Å². The number of hydrogen-bond donors (Lipinski definition) is 3. The molecule has 0 aliphatic rings. The number of carbonyl (C=O) groups is 1. The fraction of sp³-hybridized carbons (Fsp3) is 0.300. The number of nitrogens with one attached hydrogen (secondary N) is 1. The highest BCUT2D eigenvalue weighted by Gasteiger charge is 2.26. The number of hydrogen-bond acceptors (Lipinski definition) is 8. The first-order valence-corrected chi connectivity index (χ1v) is 9.10. The molecule has 0 aliphatic heterocycles. The quantitative estimate of drug-likeness (QED) is 0.526. The second kappa shape index (κ2) is 8.68. The van der Waals surface area contributed by atoms with E-state index in [1.54, 1.807) is 20.0 Å². The average Bonchev–Trinajstić information content (AvgIpc) is 3.13. The van der Waals surface area contributed by atoms with Gasteiger partial charge in [0, 0.05) is 19.5 Å². The molecular formula is C20H22N4O6. The summed E-state index contributed by atoms with van der Waals surface area (Å²) in [4.78, 5) is 28.8. The largest absolute Gasteiger partial charge is 0.504 e. The molecule has 0 unspecified atom stereocenters. The molecule has 0 spiro atoms. The number of phenols is 1. The molecule has 0 saturated carbocycles. The van der Waals surface area contributed by atoms with Crippen LogP contribution in [0.15, 0.2) is 39.8 Å². The summed E-state index contributed by atoms with van der Waals surface area (Å²) in [6.45, 7) is 1.70. The Morgan fingerprint density at radius 3 is 2.77 bits per heavy atom. The molecule has 3 rings (SSSR count). The lowest BCUT2D eigenvalue weighted by Gasteiger charge is -2.18. The number of aryl methyl sites for hydroxylation is 2. The van der Waals surface area contributed by atoms with E-state index >= 15 is 0 Å². The second-order valence-corrected chi connectivity index (χ2v) is 6.73. The molecule has 158 valence electrons. The first-order chi connectivity index (χ1) is 14.3.